The Balaban J connectivity index is 1.69. The van der Waals surface area contributed by atoms with Gasteiger partial charge >= 0.3 is 6.03 Å². The summed E-state index contributed by atoms with van der Waals surface area (Å²) in [5.74, 6) is 1.18. The normalized spacial score (nSPS) is 21.2. The van der Waals surface area contributed by atoms with Crippen molar-refractivity contribution >= 4 is 17.8 Å². The van der Waals surface area contributed by atoms with Crippen molar-refractivity contribution in [2.24, 2.45) is 0 Å². The maximum Gasteiger partial charge on any atom is 0.315 e. The summed E-state index contributed by atoms with van der Waals surface area (Å²) >= 11 is 1.94. The first-order chi connectivity index (χ1) is 11.7. The van der Waals surface area contributed by atoms with E-state index in [1.54, 1.807) is 6.20 Å². The topological polar surface area (TPSA) is 54.0 Å². The quantitative estimate of drug-likeness (QED) is 0.871. The van der Waals surface area contributed by atoms with Gasteiger partial charge in [0, 0.05) is 17.5 Å². The number of carbonyl (C=O) groups excluding carboxylic acids is 1. The van der Waals surface area contributed by atoms with E-state index in [4.69, 9.17) is 0 Å². The predicted molar refractivity (Wildman–Crippen MR) is 99.2 cm³/mol. The molecule has 0 bridgehead atoms. The van der Waals surface area contributed by atoms with Crippen LogP contribution in [0.4, 0.5) is 4.79 Å². The van der Waals surface area contributed by atoms with Crippen molar-refractivity contribution in [1.82, 2.24) is 15.6 Å². The van der Waals surface area contributed by atoms with E-state index in [2.05, 4.69) is 22.5 Å². The van der Waals surface area contributed by atoms with Crippen molar-refractivity contribution in [2.75, 3.05) is 12.3 Å². The molecule has 0 unspecified atom stereocenters. The molecule has 2 aromatic rings. The molecular formula is C19H23N3OS. The van der Waals surface area contributed by atoms with Crippen LogP contribution in [0.1, 0.15) is 37.1 Å². The molecule has 126 valence electrons. The summed E-state index contributed by atoms with van der Waals surface area (Å²) in [6, 6.07) is 15.3. The maximum atomic E-state index is 12.4. The standard InChI is InChI=1S/C19H23N3OS/c1-19(11-7-13-24-19)14-21-18(23)22-17(15-8-3-2-4-9-15)16-10-5-6-12-20-16/h2-6,8-10,12,17H,7,11,13-14H2,1H3,(H2,21,22,23)/t17-,19+/m0/s1. The largest absolute Gasteiger partial charge is 0.337 e. The summed E-state index contributed by atoms with van der Waals surface area (Å²) in [6.07, 6.45) is 4.13. The number of aromatic nitrogens is 1. The Hall–Kier alpha value is -2.01. The fourth-order valence-corrected chi connectivity index (χ4v) is 4.19. The van der Waals surface area contributed by atoms with E-state index in [0.29, 0.717) is 6.54 Å². The molecule has 1 aliphatic rings. The number of hydrogen-bond donors (Lipinski definition) is 2. The highest BCUT2D eigenvalue weighted by molar-refractivity contribution is 8.00. The van der Waals surface area contributed by atoms with Crippen LogP contribution in [0.5, 0.6) is 0 Å². The molecule has 5 heteroatoms. The van der Waals surface area contributed by atoms with Gasteiger partial charge in [-0.1, -0.05) is 36.4 Å². The number of nitrogens with zero attached hydrogens (tertiary/aromatic N) is 1. The van der Waals surface area contributed by atoms with E-state index in [1.807, 2.05) is 60.3 Å². The van der Waals surface area contributed by atoms with Crippen LogP contribution in [0.15, 0.2) is 54.7 Å². The fraction of sp³-hybridized carbons (Fsp3) is 0.368. The van der Waals surface area contributed by atoms with Crippen molar-refractivity contribution in [3.8, 4) is 0 Å². The summed E-state index contributed by atoms with van der Waals surface area (Å²) in [5, 5.41) is 6.11. The summed E-state index contributed by atoms with van der Waals surface area (Å²) in [6.45, 7) is 2.91. The molecule has 2 heterocycles. The minimum absolute atomic E-state index is 0.150. The van der Waals surface area contributed by atoms with Crippen LogP contribution < -0.4 is 10.6 Å². The molecule has 1 aliphatic heterocycles. The van der Waals surface area contributed by atoms with Crippen LogP contribution in [-0.2, 0) is 0 Å². The Morgan fingerprint density at radius 1 is 1.25 bits per heavy atom. The molecular weight excluding hydrogens is 318 g/mol. The Morgan fingerprint density at radius 2 is 2.04 bits per heavy atom. The molecule has 0 spiro atoms. The summed E-state index contributed by atoms with van der Waals surface area (Å²) in [5.41, 5.74) is 1.85. The van der Waals surface area contributed by atoms with Crippen LogP contribution in [-0.4, -0.2) is 28.1 Å². The lowest BCUT2D eigenvalue weighted by Gasteiger charge is -2.24. The van der Waals surface area contributed by atoms with Gasteiger partial charge in [-0.25, -0.2) is 4.79 Å². The van der Waals surface area contributed by atoms with Crippen LogP contribution in [0.25, 0.3) is 0 Å². The second-order valence-corrected chi connectivity index (χ2v) is 8.01. The van der Waals surface area contributed by atoms with Crippen molar-refractivity contribution in [1.29, 1.82) is 0 Å². The molecule has 0 aliphatic carbocycles. The highest BCUT2D eigenvalue weighted by Gasteiger charge is 2.30. The average Bonchev–Trinajstić information content (AvgIpc) is 3.06. The monoisotopic (exact) mass is 341 g/mol. The molecule has 1 saturated heterocycles. The van der Waals surface area contributed by atoms with Crippen molar-refractivity contribution in [3.63, 3.8) is 0 Å². The third-order valence-corrected chi connectivity index (χ3v) is 5.85. The summed E-state index contributed by atoms with van der Waals surface area (Å²) < 4.78 is 0.157. The molecule has 1 aromatic carbocycles. The minimum Gasteiger partial charge on any atom is -0.337 e. The van der Waals surface area contributed by atoms with Gasteiger partial charge in [0.25, 0.3) is 0 Å². The Kier molecular flexibility index (Phi) is 5.41. The van der Waals surface area contributed by atoms with E-state index >= 15 is 0 Å². The first-order valence-electron chi connectivity index (χ1n) is 8.30. The third-order valence-electron chi connectivity index (χ3n) is 4.32. The zero-order valence-corrected chi connectivity index (χ0v) is 14.7. The van der Waals surface area contributed by atoms with Crippen molar-refractivity contribution < 1.29 is 4.79 Å². The third kappa shape index (κ3) is 4.29. The Labute approximate surface area is 147 Å². The van der Waals surface area contributed by atoms with Crippen LogP contribution in [0, 0.1) is 0 Å². The van der Waals surface area contributed by atoms with Gasteiger partial charge < -0.3 is 10.6 Å². The Bertz CT molecular complexity index is 617. The maximum absolute atomic E-state index is 12.4. The number of pyridine rings is 1. The van der Waals surface area contributed by atoms with E-state index in [9.17, 15) is 4.79 Å². The number of thioether (sulfide) groups is 1. The van der Waals surface area contributed by atoms with Gasteiger partial charge in [-0.3, -0.25) is 4.98 Å². The predicted octanol–water partition coefficient (Wildman–Crippen LogP) is 3.76. The lowest BCUT2D eigenvalue weighted by atomic mass is 10.0. The smallest absolute Gasteiger partial charge is 0.315 e. The van der Waals surface area contributed by atoms with E-state index in [-0.39, 0.29) is 16.8 Å². The lowest BCUT2D eigenvalue weighted by Crippen LogP contribution is -2.44. The molecule has 2 amide bonds. The Morgan fingerprint density at radius 3 is 2.71 bits per heavy atom. The molecule has 0 saturated carbocycles. The first-order valence-corrected chi connectivity index (χ1v) is 9.29. The van der Waals surface area contributed by atoms with Gasteiger partial charge in [0.05, 0.1) is 11.7 Å². The number of urea groups is 1. The van der Waals surface area contributed by atoms with Crippen LogP contribution in [0.2, 0.25) is 0 Å². The second kappa shape index (κ2) is 7.71. The highest BCUT2D eigenvalue weighted by atomic mass is 32.2. The van der Waals surface area contributed by atoms with E-state index < -0.39 is 0 Å². The summed E-state index contributed by atoms with van der Waals surface area (Å²) in [7, 11) is 0. The van der Waals surface area contributed by atoms with Crippen molar-refractivity contribution in [3.05, 3.63) is 66.0 Å². The number of rotatable bonds is 5. The van der Waals surface area contributed by atoms with Gasteiger partial charge in [0.2, 0.25) is 0 Å². The minimum atomic E-state index is -0.253. The zero-order chi connectivity index (χ0) is 16.8. The molecule has 2 N–H and O–H groups in total. The van der Waals surface area contributed by atoms with Crippen LogP contribution in [0.3, 0.4) is 0 Å². The van der Waals surface area contributed by atoms with Gasteiger partial charge in [0.15, 0.2) is 0 Å². The molecule has 4 nitrogen and oxygen atoms in total. The lowest BCUT2D eigenvalue weighted by molar-refractivity contribution is 0.237. The molecule has 24 heavy (non-hydrogen) atoms. The molecule has 2 atom stereocenters. The molecule has 1 aromatic heterocycles. The molecule has 1 fully saturated rings. The van der Waals surface area contributed by atoms with Gasteiger partial charge in [0.1, 0.15) is 0 Å². The van der Waals surface area contributed by atoms with Gasteiger partial charge in [-0.2, -0.15) is 11.8 Å². The SMILES string of the molecule is C[C@]1(CNC(=O)N[C@@H](c2ccccc2)c2ccccn2)CCCS1. The number of amides is 2. The first kappa shape index (κ1) is 16.8. The number of nitrogens with one attached hydrogen (secondary N) is 2. The van der Waals surface area contributed by atoms with Gasteiger partial charge in [-0.15, -0.1) is 0 Å². The number of hydrogen-bond acceptors (Lipinski definition) is 3. The van der Waals surface area contributed by atoms with Crippen molar-refractivity contribution in [2.45, 2.75) is 30.6 Å². The second-order valence-electron chi connectivity index (χ2n) is 6.33. The summed E-state index contributed by atoms with van der Waals surface area (Å²) in [4.78, 5) is 16.9. The fourth-order valence-electron chi connectivity index (χ4n) is 2.95. The molecule has 3 rings (SSSR count). The number of benzene rings is 1. The van der Waals surface area contributed by atoms with E-state index in [1.165, 1.54) is 12.2 Å². The van der Waals surface area contributed by atoms with Crippen LogP contribution >= 0.6 is 11.8 Å². The van der Waals surface area contributed by atoms with E-state index in [0.717, 1.165) is 17.7 Å². The average molecular weight is 341 g/mol. The highest BCUT2D eigenvalue weighted by Crippen LogP contribution is 2.36. The molecule has 0 radical (unpaired) electrons. The van der Waals surface area contributed by atoms with Gasteiger partial charge in [-0.05, 0) is 43.2 Å². The number of carbonyl (C=O) groups is 1. The zero-order valence-electron chi connectivity index (χ0n) is 13.9.